The lowest BCUT2D eigenvalue weighted by Crippen LogP contribution is -2.58. The summed E-state index contributed by atoms with van der Waals surface area (Å²) in [6, 6.07) is 0. The smallest absolute Gasteiger partial charge is 0.303 e. The summed E-state index contributed by atoms with van der Waals surface area (Å²) in [6.45, 7) is 5.41. The van der Waals surface area contributed by atoms with Crippen LogP contribution in [0.3, 0.4) is 0 Å². The fraction of sp³-hybridized carbons (Fsp3) is 0.826. The molecule has 0 bridgehead atoms. The van der Waals surface area contributed by atoms with Crippen LogP contribution in [0.4, 0.5) is 0 Å². The summed E-state index contributed by atoms with van der Waals surface area (Å²) >= 11 is 0. The molecule has 4 rings (SSSR count). The van der Waals surface area contributed by atoms with Crippen LogP contribution in [-0.2, 0) is 14.3 Å². The van der Waals surface area contributed by atoms with Crippen LogP contribution in [0.25, 0.3) is 0 Å². The molecule has 7 atom stereocenters. The lowest BCUT2D eigenvalue weighted by atomic mass is 9.46. The minimum Gasteiger partial charge on any atom is -0.458 e. The quantitative estimate of drug-likeness (QED) is 0.571. The Kier molecular flexibility index (Phi) is 4.78. The molecule has 28 heavy (non-hydrogen) atoms. The van der Waals surface area contributed by atoms with Gasteiger partial charge in [-0.05, 0) is 74.5 Å². The van der Waals surface area contributed by atoms with E-state index in [2.05, 4.69) is 19.9 Å². The second kappa shape index (κ2) is 6.66. The van der Waals surface area contributed by atoms with E-state index in [0.29, 0.717) is 24.2 Å². The van der Waals surface area contributed by atoms with Gasteiger partial charge in [0.05, 0.1) is 6.10 Å². The molecule has 156 valence electrons. The lowest BCUT2D eigenvalue weighted by molar-refractivity contribution is -0.168. The first kappa shape index (κ1) is 20.1. The van der Waals surface area contributed by atoms with Gasteiger partial charge >= 0.3 is 5.97 Å². The van der Waals surface area contributed by atoms with Gasteiger partial charge in [-0.25, -0.2) is 0 Å². The standard InChI is InChI=1S/C23H34O5/c1-14(24)28-13-20(26)23(27)11-8-19-17-5-4-15-12-16(25)6-9-21(15,2)18(17)7-10-22(19,23)3/h4,16-19,25,27H,5-13H2,1-3H3/t16-,17-,18+,19-,21-,22-,23+/m0/s1. The minimum atomic E-state index is -1.40. The van der Waals surface area contributed by atoms with E-state index in [1.54, 1.807) is 0 Å². The van der Waals surface area contributed by atoms with Crippen molar-refractivity contribution in [2.75, 3.05) is 6.61 Å². The molecular formula is C23H34O5. The Morgan fingerprint density at radius 1 is 1.14 bits per heavy atom. The highest BCUT2D eigenvalue weighted by Crippen LogP contribution is 2.67. The van der Waals surface area contributed by atoms with Gasteiger partial charge in [-0.15, -0.1) is 0 Å². The van der Waals surface area contributed by atoms with E-state index in [0.717, 1.165) is 44.9 Å². The van der Waals surface area contributed by atoms with Crippen LogP contribution in [0, 0.1) is 28.6 Å². The predicted molar refractivity (Wildman–Crippen MR) is 104 cm³/mol. The number of hydrogen-bond acceptors (Lipinski definition) is 5. The second-order valence-corrected chi connectivity index (χ2v) is 10.2. The van der Waals surface area contributed by atoms with Crippen molar-refractivity contribution in [2.45, 2.75) is 83.8 Å². The van der Waals surface area contributed by atoms with Gasteiger partial charge in [0.2, 0.25) is 5.78 Å². The number of hydrogen-bond donors (Lipinski definition) is 2. The summed E-state index contributed by atoms with van der Waals surface area (Å²) in [6.07, 6.45) is 8.96. The molecule has 0 saturated heterocycles. The SMILES string of the molecule is CC(=O)OCC(=O)[C@]1(O)CC[C@H]2[C@H]3CC=C4C[C@@H](O)CC[C@]4(C)[C@@H]3CC[C@@]21C. The van der Waals surface area contributed by atoms with Gasteiger partial charge < -0.3 is 14.9 Å². The number of fused-ring (bicyclic) bond motifs is 5. The van der Waals surface area contributed by atoms with Crippen molar-refractivity contribution in [1.82, 2.24) is 0 Å². The molecule has 4 aliphatic carbocycles. The summed E-state index contributed by atoms with van der Waals surface area (Å²) in [5.41, 5.74) is -0.283. The van der Waals surface area contributed by atoms with Gasteiger partial charge in [-0.2, -0.15) is 0 Å². The molecule has 3 saturated carbocycles. The highest BCUT2D eigenvalue weighted by Gasteiger charge is 2.66. The molecule has 0 unspecified atom stereocenters. The van der Waals surface area contributed by atoms with Crippen LogP contribution in [-0.4, -0.2) is 40.3 Å². The van der Waals surface area contributed by atoms with E-state index < -0.39 is 17.0 Å². The summed E-state index contributed by atoms with van der Waals surface area (Å²) in [7, 11) is 0. The van der Waals surface area contributed by atoms with Gasteiger partial charge in [-0.3, -0.25) is 9.59 Å². The third-order valence-corrected chi connectivity index (χ3v) is 9.10. The highest BCUT2D eigenvalue weighted by molar-refractivity contribution is 5.90. The number of esters is 1. The number of rotatable bonds is 3. The van der Waals surface area contributed by atoms with Crippen molar-refractivity contribution in [1.29, 1.82) is 0 Å². The fourth-order valence-corrected chi connectivity index (χ4v) is 7.40. The number of ether oxygens (including phenoxy) is 1. The van der Waals surface area contributed by atoms with Gasteiger partial charge in [0.1, 0.15) is 5.60 Å². The number of carbonyl (C=O) groups excluding carboxylic acids is 2. The Hall–Kier alpha value is -1.20. The van der Waals surface area contributed by atoms with Crippen molar-refractivity contribution in [3.8, 4) is 0 Å². The number of Topliss-reactive ketones (excluding diaryl/α,β-unsaturated/α-hetero) is 1. The van der Waals surface area contributed by atoms with Crippen LogP contribution in [0.5, 0.6) is 0 Å². The molecular weight excluding hydrogens is 356 g/mol. The molecule has 3 fully saturated rings. The maximum atomic E-state index is 12.9. The third-order valence-electron chi connectivity index (χ3n) is 9.10. The molecule has 4 aliphatic rings. The number of aliphatic hydroxyl groups is 2. The zero-order chi connectivity index (χ0) is 20.3. The molecule has 0 aliphatic heterocycles. The summed E-state index contributed by atoms with van der Waals surface area (Å²) in [5.74, 6) is 0.504. The molecule has 0 heterocycles. The van der Waals surface area contributed by atoms with Gasteiger partial charge in [-0.1, -0.05) is 25.5 Å². The fourth-order valence-electron chi connectivity index (χ4n) is 7.40. The van der Waals surface area contributed by atoms with Crippen molar-refractivity contribution >= 4 is 11.8 Å². The molecule has 2 N–H and O–H groups in total. The van der Waals surface area contributed by atoms with E-state index in [4.69, 9.17) is 4.74 Å². The zero-order valence-corrected chi connectivity index (χ0v) is 17.4. The summed E-state index contributed by atoms with van der Waals surface area (Å²) < 4.78 is 4.93. The number of allylic oxidation sites excluding steroid dienone is 1. The predicted octanol–water partition coefficient (Wildman–Crippen LogP) is 3.17. The van der Waals surface area contributed by atoms with E-state index in [1.165, 1.54) is 12.5 Å². The van der Waals surface area contributed by atoms with Gasteiger partial charge in [0, 0.05) is 12.3 Å². The monoisotopic (exact) mass is 390 g/mol. The molecule has 5 heteroatoms. The molecule has 0 aromatic rings. The average Bonchev–Trinajstić information content (AvgIpc) is 2.92. The maximum Gasteiger partial charge on any atom is 0.303 e. The lowest BCUT2D eigenvalue weighted by Gasteiger charge is -2.58. The van der Waals surface area contributed by atoms with E-state index in [-0.39, 0.29) is 23.9 Å². The Morgan fingerprint density at radius 3 is 2.57 bits per heavy atom. The Bertz CT molecular complexity index is 714. The van der Waals surface area contributed by atoms with Crippen molar-refractivity contribution in [3.05, 3.63) is 11.6 Å². The molecule has 0 radical (unpaired) electrons. The van der Waals surface area contributed by atoms with E-state index >= 15 is 0 Å². The second-order valence-electron chi connectivity index (χ2n) is 10.2. The maximum absolute atomic E-state index is 12.9. The summed E-state index contributed by atoms with van der Waals surface area (Å²) in [5, 5.41) is 21.6. The third kappa shape index (κ3) is 2.72. The van der Waals surface area contributed by atoms with Crippen molar-refractivity contribution < 1.29 is 24.5 Å². The first-order valence-electron chi connectivity index (χ1n) is 10.9. The molecule has 0 spiro atoms. The van der Waals surface area contributed by atoms with Gasteiger partial charge in [0.15, 0.2) is 6.61 Å². The van der Waals surface area contributed by atoms with Crippen molar-refractivity contribution in [2.24, 2.45) is 28.6 Å². The van der Waals surface area contributed by atoms with Gasteiger partial charge in [0.25, 0.3) is 0 Å². The Labute approximate surface area is 167 Å². The first-order chi connectivity index (χ1) is 13.1. The summed E-state index contributed by atoms with van der Waals surface area (Å²) in [4.78, 5) is 24.0. The molecule has 0 aromatic heterocycles. The van der Waals surface area contributed by atoms with E-state index in [1.807, 2.05) is 0 Å². The number of carbonyl (C=O) groups is 2. The van der Waals surface area contributed by atoms with Crippen LogP contribution in [0.15, 0.2) is 11.6 Å². The van der Waals surface area contributed by atoms with Crippen molar-refractivity contribution in [3.63, 3.8) is 0 Å². The Balaban J connectivity index is 1.60. The largest absolute Gasteiger partial charge is 0.458 e. The number of ketones is 1. The minimum absolute atomic E-state index is 0.145. The topological polar surface area (TPSA) is 83.8 Å². The zero-order valence-electron chi connectivity index (χ0n) is 17.4. The molecule has 5 nitrogen and oxygen atoms in total. The normalized spacial score (nSPS) is 47.4. The average molecular weight is 391 g/mol. The first-order valence-corrected chi connectivity index (χ1v) is 10.9. The molecule has 0 aromatic carbocycles. The van der Waals surface area contributed by atoms with Crippen LogP contribution < -0.4 is 0 Å². The van der Waals surface area contributed by atoms with E-state index in [9.17, 15) is 19.8 Å². The molecule has 0 amide bonds. The highest BCUT2D eigenvalue weighted by atomic mass is 16.5. The van der Waals surface area contributed by atoms with Crippen LogP contribution >= 0.6 is 0 Å². The Morgan fingerprint density at radius 2 is 1.86 bits per heavy atom. The van der Waals surface area contributed by atoms with Crippen LogP contribution in [0.1, 0.15) is 72.1 Å². The number of aliphatic hydroxyl groups excluding tert-OH is 1. The van der Waals surface area contributed by atoms with Crippen LogP contribution in [0.2, 0.25) is 0 Å².